The van der Waals surface area contributed by atoms with Crippen molar-refractivity contribution in [2.24, 2.45) is 4.99 Å². The number of nitro groups is 1. The van der Waals surface area contributed by atoms with Gasteiger partial charge in [-0.15, -0.1) is 0 Å². The van der Waals surface area contributed by atoms with E-state index in [1.807, 2.05) is 13.8 Å². The van der Waals surface area contributed by atoms with E-state index in [0.717, 1.165) is 0 Å². The van der Waals surface area contributed by atoms with Gasteiger partial charge in [0.2, 0.25) is 0 Å². The van der Waals surface area contributed by atoms with Crippen LogP contribution in [-0.4, -0.2) is 46.2 Å². The lowest BCUT2D eigenvalue weighted by molar-refractivity contribution is -0.384. The first-order valence-corrected chi connectivity index (χ1v) is 9.98. The number of hydrogen-bond donors (Lipinski definition) is 0. The number of nitro benzene ring substituents is 1. The number of non-ortho nitro benzene ring substituents is 1. The molecule has 0 N–H and O–H groups in total. The maximum atomic E-state index is 12.3. The van der Waals surface area contributed by atoms with Gasteiger partial charge >= 0.3 is 0 Å². The van der Waals surface area contributed by atoms with Gasteiger partial charge in [-0.3, -0.25) is 14.9 Å². The number of ether oxygens (including phenoxy) is 1. The normalized spacial score (nSPS) is 23.5. The quantitative estimate of drug-likeness (QED) is 0.427. The average Bonchev–Trinajstić information content (AvgIpc) is 3.29. The summed E-state index contributed by atoms with van der Waals surface area (Å²) in [4.78, 5) is 29.6. The van der Waals surface area contributed by atoms with Crippen molar-refractivity contribution in [3.8, 4) is 11.3 Å². The van der Waals surface area contributed by atoms with Crippen LogP contribution in [-0.2, 0) is 9.53 Å². The molecule has 150 valence electrons. The first-order valence-electron chi connectivity index (χ1n) is 9.16. The molecule has 3 heterocycles. The molecular weight excluding hydrogens is 394 g/mol. The summed E-state index contributed by atoms with van der Waals surface area (Å²) in [6.45, 7) is 5.38. The van der Waals surface area contributed by atoms with Crippen LogP contribution in [0.3, 0.4) is 0 Å². The van der Waals surface area contributed by atoms with E-state index in [1.165, 1.54) is 23.9 Å². The number of furan rings is 1. The minimum absolute atomic E-state index is 0.00709. The summed E-state index contributed by atoms with van der Waals surface area (Å²) in [6.07, 6.45) is 1.80. The fraction of sp³-hybridized carbons (Fsp3) is 0.300. The Morgan fingerprint density at radius 1 is 1.24 bits per heavy atom. The highest BCUT2D eigenvalue weighted by atomic mass is 32.2. The molecule has 0 saturated carbocycles. The van der Waals surface area contributed by atoms with E-state index in [4.69, 9.17) is 9.15 Å². The number of amidine groups is 1. The first kappa shape index (κ1) is 19.4. The molecule has 0 radical (unpaired) electrons. The number of nitrogens with zero attached hydrogens (tertiary/aromatic N) is 3. The molecule has 1 fully saturated rings. The highest BCUT2D eigenvalue weighted by Crippen LogP contribution is 2.33. The van der Waals surface area contributed by atoms with Crippen LogP contribution in [0.1, 0.15) is 19.6 Å². The summed E-state index contributed by atoms with van der Waals surface area (Å²) < 4.78 is 11.5. The van der Waals surface area contributed by atoms with Crippen molar-refractivity contribution in [3.63, 3.8) is 0 Å². The third-order valence-electron chi connectivity index (χ3n) is 4.54. The van der Waals surface area contributed by atoms with Crippen molar-refractivity contribution in [2.75, 3.05) is 13.1 Å². The van der Waals surface area contributed by atoms with Gasteiger partial charge in [0.05, 0.1) is 22.0 Å². The Labute approximate surface area is 171 Å². The largest absolute Gasteiger partial charge is 0.457 e. The molecule has 9 heteroatoms. The first-order chi connectivity index (χ1) is 13.9. The van der Waals surface area contributed by atoms with Crippen molar-refractivity contribution in [1.29, 1.82) is 0 Å². The van der Waals surface area contributed by atoms with Crippen LogP contribution in [0.2, 0.25) is 0 Å². The Morgan fingerprint density at radius 2 is 2.00 bits per heavy atom. The Bertz CT molecular complexity index is 1020. The third kappa shape index (κ3) is 4.25. The van der Waals surface area contributed by atoms with Crippen LogP contribution in [0, 0.1) is 10.1 Å². The molecule has 2 aliphatic rings. The summed E-state index contributed by atoms with van der Waals surface area (Å²) in [6, 6.07) is 9.67. The predicted octanol–water partition coefficient (Wildman–Crippen LogP) is 3.93. The van der Waals surface area contributed by atoms with Crippen molar-refractivity contribution >= 4 is 34.6 Å². The summed E-state index contributed by atoms with van der Waals surface area (Å²) in [5.74, 6) is 0.681. The Morgan fingerprint density at radius 3 is 2.72 bits per heavy atom. The minimum Gasteiger partial charge on any atom is -0.457 e. The van der Waals surface area contributed by atoms with Gasteiger partial charge in [-0.2, -0.15) is 4.99 Å². The zero-order chi connectivity index (χ0) is 20.5. The van der Waals surface area contributed by atoms with Gasteiger partial charge in [0.15, 0.2) is 5.17 Å². The van der Waals surface area contributed by atoms with E-state index < -0.39 is 4.92 Å². The van der Waals surface area contributed by atoms with Crippen LogP contribution in [0.25, 0.3) is 17.4 Å². The van der Waals surface area contributed by atoms with Gasteiger partial charge in [0.1, 0.15) is 11.5 Å². The molecule has 0 unspecified atom stereocenters. The Hall–Kier alpha value is -2.91. The number of carbonyl (C=O) groups excluding carboxylic acids is 1. The highest BCUT2D eigenvalue weighted by Gasteiger charge is 2.31. The van der Waals surface area contributed by atoms with E-state index in [1.54, 1.807) is 30.3 Å². The van der Waals surface area contributed by atoms with E-state index >= 15 is 0 Å². The molecule has 2 atom stereocenters. The monoisotopic (exact) mass is 413 g/mol. The molecule has 1 aromatic carbocycles. The van der Waals surface area contributed by atoms with Gasteiger partial charge < -0.3 is 14.1 Å². The second-order valence-corrected chi connectivity index (χ2v) is 7.99. The number of carbonyl (C=O) groups is 1. The molecule has 0 bridgehead atoms. The van der Waals surface area contributed by atoms with E-state index in [0.29, 0.717) is 40.2 Å². The summed E-state index contributed by atoms with van der Waals surface area (Å²) in [5.41, 5.74) is 0.592. The van der Waals surface area contributed by atoms with Gasteiger partial charge in [0, 0.05) is 36.9 Å². The molecular formula is C20H19N3O5S. The lowest BCUT2D eigenvalue weighted by Gasteiger charge is -2.35. The number of aliphatic imine (C=N–C) groups is 1. The van der Waals surface area contributed by atoms with Gasteiger partial charge in [-0.25, -0.2) is 0 Å². The van der Waals surface area contributed by atoms with E-state index in [-0.39, 0.29) is 23.8 Å². The SMILES string of the molecule is C[C@@H]1CN(C2=NC(=O)/C(=C\c3ccc(-c4cccc([N+](=O)[O-])c4)o3)S2)C[C@@H](C)O1. The number of thioether (sulfide) groups is 1. The maximum Gasteiger partial charge on any atom is 0.286 e. The molecule has 1 saturated heterocycles. The lowest BCUT2D eigenvalue weighted by atomic mass is 10.1. The molecule has 1 aromatic heterocycles. The Kier molecular flexibility index (Phi) is 5.25. The number of rotatable bonds is 3. The minimum atomic E-state index is -0.449. The number of hydrogen-bond acceptors (Lipinski definition) is 7. The topological polar surface area (TPSA) is 98.2 Å². The van der Waals surface area contributed by atoms with Crippen molar-refractivity contribution < 1.29 is 18.9 Å². The number of benzene rings is 1. The molecule has 4 rings (SSSR count). The van der Waals surface area contributed by atoms with Crippen molar-refractivity contribution in [3.05, 3.63) is 57.2 Å². The fourth-order valence-electron chi connectivity index (χ4n) is 3.35. The molecule has 29 heavy (non-hydrogen) atoms. The molecule has 0 spiro atoms. The Balaban J connectivity index is 1.51. The number of amides is 1. The summed E-state index contributed by atoms with van der Waals surface area (Å²) in [7, 11) is 0. The zero-order valence-electron chi connectivity index (χ0n) is 15.9. The van der Waals surface area contributed by atoms with Gasteiger partial charge in [-0.05, 0) is 37.7 Å². The average molecular weight is 413 g/mol. The predicted molar refractivity (Wildman–Crippen MR) is 110 cm³/mol. The van der Waals surface area contributed by atoms with Crippen molar-refractivity contribution in [2.45, 2.75) is 26.1 Å². The molecule has 0 aliphatic carbocycles. The third-order valence-corrected chi connectivity index (χ3v) is 5.59. The van der Waals surface area contributed by atoms with Gasteiger partial charge in [-0.1, -0.05) is 12.1 Å². The maximum absolute atomic E-state index is 12.3. The molecule has 1 amide bonds. The van der Waals surface area contributed by atoms with Crippen LogP contribution >= 0.6 is 11.8 Å². The van der Waals surface area contributed by atoms with Crippen LogP contribution in [0.15, 0.2) is 50.7 Å². The molecule has 2 aliphatic heterocycles. The van der Waals surface area contributed by atoms with Crippen LogP contribution < -0.4 is 0 Å². The zero-order valence-corrected chi connectivity index (χ0v) is 16.7. The van der Waals surface area contributed by atoms with Crippen LogP contribution in [0.5, 0.6) is 0 Å². The van der Waals surface area contributed by atoms with E-state index in [2.05, 4.69) is 9.89 Å². The van der Waals surface area contributed by atoms with Crippen LogP contribution in [0.4, 0.5) is 5.69 Å². The van der Waals surface area contributed by atoms with Gasteiger partial charge in [0.25, 0.3) is 11.6 Å². The highest BCUT2D eigenvalue weighted by molar-refractivity contribution is 8.18. The standard InChI is InChI=1S/C20H19N3O5S/c1-12-10-22(11-13(2)27-12)20-21-19(24)18(29-20)9-16-6-7-17(28-16)14-4-3-5-15(8-14)23(25)26/h3-9,12-13H,10-11H2,1-2H3/b18-9+/t12-,13-/m1/s1. The lowest BCUT2D eigenvalue weighted by Crippen LogP contribution is -2.47. The molecule has 2 aromatic rings. The fourth-order valence-corrected chi connectivity index (χ4v) is 4.27. The second kappa shape index (κ2) is 7.84. The number of morpholine rings is 1. The second-order valence-electron chi connectivity index (χ2n) is 6.98. The molecule has 8 nitrogen and oxygen atoms in total. The summed E-state index contributed by atoms with van der Waals surface area (Å²) in [5, 5.41) is 11.6. The smallest absolute Gasteiger partial charge is 0.286 e. The summed E-state index contributed by atoms with van der Waals surface area (Å²) >= 11 is 1.32. The van der Waals surface area contributed by atoms with E-state index in [9.17, 15) is 14.9 Å². The van der Waals surface area contributed by atoms with Crippen molar-refractivity contribution in [1.82, 2.24) is 4.90 Å².